The van der Waals surface area contributed by atoms with Crippen LogP contribution >= 0.6 is 0 Å². The van der Waals surface area contributed by atoms with Crippen LogP contribution in [0.2, 0.25) is 0 Å². The number of nitrogens with zero attached hydrogens (tertiary/aromatic N) is 4. The van der Waals surface area contributed by atoms with Crippen LogP contribution in [0.15, 0.2) is 79.3 Å². The molecule has 0 atom stereocenters. The number of aryl methyl sites for hydroxylation is 1. The van der Waals surface area contributed by atoms with Gasteiger partial charge in [-0.1, -0.05) is 0 Å². The minimum atomic E-state index is -1.26. The van der Waals surface area contributed by atoms with E-state index in [4.69, 9.17) is 4.74 Å². The van der Waals surface area contributed by atoms with Crippen LogP contribution in [0.25, 0.3) is 16.8 Å². The number of ether oxygens (including phenoxy) is 1. The number of hydrogen-bond donors (Lipinski definition) is 2. The molecule has 1 aliphatic rings. The van der Waals surface area contributed by atoms with Crippen molar-refractivity contribution in [1.82, 2.24) is 19.4 Å². The summed E-state index contributed by atoms with van der Waals surface area (Å²) in [5, 5.41) is 13.7. The third-order valence-electron chi connectivity index (χ3n) is 6.72. The highest BCUT2D eigenvalue weighted by molar-refractivity contribution is 6.16. The normalized spacial score (nSPS) is 13.7. The summed E-state index contributed by atoms with van der Waals surface area (Å²) >= 11 is 0. The molecule has 0 unspecified atom stereocenters. The lowest BCUT2D eigenvalue weighted by molar-refractivity contribution is -0.131. The van der Waals surface area contributed by atoms with Gasteiger partial charge < -0.3 is 15.4 Å². The third-order valence-corrected chi connectivity index (χ3v) is 6.72. The molecule has 39 heavy (non-hydrogen) atoms. The second-order valence-electron chi connectivity index (χ2n) is 9.34. The second-order valence-corrected chi connectivity index (χ2v) is 9.34. The molecule has 196 valence electrons. The maximum atomic E-state index is 15.1. The third kappa shape index (κ3) is 4.58. The minimum absolute atomic E-state index is 0.0477. The highest BCUT2D eigenvalue weighted by Crippen LogP contribution is 2.47. The van der Waals surface area contributed by atoms with Gasteiger partial charge in [0, 0.05) is 42.4 Å². The number of benzene rings is 2. The van der Waals surface area contributed by atoms with Crippen molar-refractivity contribution < 1.29 is 23.1 Å². The number of amides is 2. The zero-order valence-electron chi connectivity index (χ0n) is 20.7. The van der Waals surface area contributed by atoms with E-state index in [9.17, 15) is 14.0 Å². The fourth-order valence-electron chi connectivity index (χ4n) is 4.37. The largest absolute Gasteiger partial charge is 0.452 e. The minimum Gasteiger partial charge on any atom is -0.452 e. The standard InChI is InChI=1S/C28H22F2N6O3/c1-35-22(8-12-31-35)17-14-25(23-9-13-32-36(23)16-17)39-24-7-6-20(15-21(24)30)34-27(38)28(10-11-28)26(37)33-19-4-2-18(29)3-5-19/h2-9,12-16H,10-11H2,1H3,(H,33,37)(H,34,38). The Kier molecular flexibility index (Phi) is 5.82. The van der Waals surface area contributed by atoms with Crippen molar-refractivity contribution >= 4 is 28.7 Å². The molecule has 1 fully saturated rings. The number of carbonyl (C=O) groups is 2. The van der Waals surface area contributed by atoms with Gasteiger partial charge in [0.2, 0.25) is 11.8 Å². The molecule has 2 amide bonds. The van der Waals surface area contributed by atoms with Crippen molar-refractivity contribution in [2.75, 3.05) is 10.6 Å². The number of rotatable bonds is 7. The monoisotopic (exact) mass is 528 g/mol. The van der Waals surface area contributed by atoms with Gasteiger partial charge in [0.05, 0.1) is 11.9 Å². The smallest absolute Gasteiger partial charge is 0.240 e. The summed E-state index contributed by atoms with van der Waals surface area (Å²) in [6.45, 7) is 0. The van der Waals surface area contributed by atoms with E-state index in [1.807, 2.05) is 19.3 Å². The molecule has 0 spiro atoms. The van der Waals surface area contributed by atoms with E-state index >= 15 is 4.39 Å². The summed E-state index contributed by atoms with van der Waals surface area (Å²) in [6.07, 6.45) is 5.82. The Balaban J connectivity index is 1.19. The van der Waals surface area contributed by atoms with Gasteiger partial charge in [-0.25, -0.2) is 13.3 Å². The van der Waals surface area contributed by atoms with Crippen LogP contribution < -0.4 is 15.4 Å². The SMILES string of the molecule is Cn1nccc1-c1cc(Oc2ccc(NC(=O)C3(C(=O)Nc4ccc(F)cc4)CC3)cc2F)c2ccnn2c1. The van der Waals surface area contributed by atoms with Crippen LogP contribution in [0.1, 0.15) is 12.8 Å². The fourth-order valence-corrected chi connectivity index (χ4v) is 4.37. The summed E-state index contributed by atoms with van der Waals surface area (Å²) in [7, 11) is 1.81. The van der Waals surface area contributed by atoms with Crippen LogP contribution in [-0.2, 0) is 16.6 Å². The first-order chi connectivity index (χ1) is 18.8. The molecule has 3 aromatic heterocycles. The zero-order chi connectivity index (χ0) is 27.1. The number of carbonyl (C=O) groups excluding carboxylic acids is 2. The van der Waals surface area contributed by atoms with Crippen molar-refractivity contribution in [3.8, 4) is 22.8 Å². The van der Waals surface area contributed by atoms with Gasteiger partial charge >= 0.3 is 0 Å². The van der Waals surface area contributed by atoms with E-state index in [0.717, 1.165) is 17.3 Å². The van der Waals surface area contributed by atoms with Crippen molar-refractivity contribution in [2.45, 2.75) is 12.8 Å². The molecule has 0 radical (unpaired) electrons. The molecule has 2 N–H and O–H groups in total. The molecule has 0 bridgehead atoms. The number of pyridine rings is 1. The van der Waals surface area contributed by atoms with Crippen LogP contribution in [0, 0.1) is 17.0 Å². The van der Waals surface area contributed by atoms with Crippen molar-refractivity contribution in [3.63, 3.8) is 0 Å². The molecule has 0 saturated heterocycles. The Hall–Kier alpha value is -5.06. The Morgan fingerprint density at radius 3 is 2.23 bits per heavy atom. The van der Waals surface area contributed by atoms with Crippen molar-refractivity contribution in [1.29, 1.82) is 0 Å². The first-order valence-electron chi connectivity index (χ1n) is 12.1. The lowest BCUT2D eigenvalue weighted by atomic mass is 10.0. The summed E-state index contributed by atoms with van der Waals surface area (Å²) in [5.74, 6) is -1.83. The molecule has 0 aliphatic heterocycles. The maximum absolute atomic E-state index is 15.1. The molecule has 6 rings (SSSR count). The van der Waals surface area contributed by atoms with E-state index in [2.05, 4.69) is 20.8 Å². The fraction of sp³-hybridized carbons (Fsp3) is 0.143. The number of fused-ring (bicyclic) bond motifs is 1. The van der Waals surface area contributed by atoms with Crippen LogP contribution in [0.3, 0.4) is 0 Å². The van der Waals surface area contributed by atoms with Gasteiger partial charge in [0.15, 0.2) is 17.3 Å². The van der Waals surface area contributed by atoms with Gasteiger partial charge in [0.25, 0.3) is 0 Å². The molecule has 9 nitrogen and oxygen atoms in total. The molecule has 11 heteroatoms. The average molecular weight is 529 g/mol. The first-order valence-corrected chi connectivity index (χ1v) is 12.1. The van der Waals surface area contributed by atoms with Gasteiger partial charge in [-0.2, -0.15) is 10.2 Å². The zero-order valence-corrected chi connectivity index (χ0v) is 20.7. The lowest BCUT2D eigenvalue weighted by Crippen LogP contribution is -2.35. The summed E-state index contributed by atoms with van der Waals surface area (Å²) in [6, 6.07) is 14.7. The number of hydrogen-bond acceptors (Lipinski definition) is 5. The van der Waals surface area contributed by atoms with E-state index < -0.39 is 28.9 Å². The van der Waals surface area contributed by atoms with E-state index in [0.29, 0.717) is 29.8 Å². The van der Waals surface area contributed by atoms with Crippen molar-refractivity contribution in [3.05, 3.63) is 90.9 Å². The second kappa shape index (κ2) is 9.35. The van der Waals surface area contributed by atoms with E-state index in [1.54, 1.807) is 33.7 Å². The van der Waals surface area contributed by atoms with Gasteiger partial charge in [-0.3, -0.25) is 14.3 Å². The van der Waals surface area contributed by atoms with Gasteiger partial charge in [0.1, 0.15) is 16.7 Å². The quantitative estimate of drug-likeness (QED) is 0.284. The number of aromatic nitrogens is 4. The van der Waals surface area contributed by atoms with E-state index in [1.165, 1.54) is 36.4 Å². The molecule has 5 aromatic rings. The molecule has 1 aliphatic carbocycles. The highest BCUT2D eigenvalue weighted by Gasteiger charge is 2.56. The first kappa shape index (κ1) is 24.3. The predicted molar refractivity (Wildman–Crippen MR) is 139 cm³/mol. The summed E-state index contributed by atoms with van der Waals surface area (Å²) in [5.41, 5.74) is 1.55. The number of anilines is 2. The summed E-state index contributed by atoms with van der Waals surface area (Å²) in [4.78, 5) is 25.7. The Bertz CT molecular complexity index is 1720. The summed E-state index contributed by atoms with van der Waals surface area (Å²) < 4.78 is 37.5. The van der Waals surface area contributed by atoms with Crippen LogP contribution in [0.5, 0.6) is 11.5 Å². The molecular formula is C28H22F2N6O3. The lowest BCUT2D eigenvalue weighted by Gasteiger charge is -2.16. The maximum Gasteiger partial charge on any atom is 0.240 e. The molecule has 3 heterocycles. The average Bonchev–Trinajstić information content (AvgIpc) is 3.41. The Labute approximate surface area is 221 Å². The van der Waals surface area contributed by atoms with Crippen LogP contribution in [0.4, 0.5) is 20.2 Å². The highest BCUT2D eigenvalue weighted by atomic mass is 19.1. The Morgan fingerprint density at radius 1 is 0.872 bits per heavy atom. The molecular weight excluding hydrogens is 506 g/mol. The predicted octanol–water partition coefficient (Wildman–Crippen LogP) is 5.16. The molecule has 2 aromatic carbocycles. The Morgan fingerprint density at radius 2 is 1.56 bits per heavy atom. The van der Waals surface area contributed by atoms with Gasteiger partial charge in [-0.15, -0.1) is 0 Å². The van der Waals surface area contributed by atoms with Crippen LogP contribution in [-0.4, -0.2) is 31.2 Å². The topological polar surface area (TPSA) is 103 Å². The van der Waals surface area contributed by atoms with Crippen molar-refractivity contribution in [2.24, 2.45) is 12.5 Å². The number of halogens is 2. The molecule has 1 saturated carbocycles. The van der Waals surface area contributed by atoms with E-state index in [-0.39, 0.29) is 11.4 Å². The van der Waals surface area contributed by atoms with Gasteiger partial charge in [-0.05, 0) is 67.4 Å². The number of nitrogens with one attached hydrogen (secondary N) is 2.